The lowest BCUT2D eigenvalue weighted by Crippen LogP contribution is -2.26. The molecule has 0 aliphatic carbocycles. The van der Waals surface area contributed by atoms with Crippen molar-refractivity contribution in [3.63, 3.8) is 0 Å². The molecule has 0 saturated carbocycles. The lowest BCUT2D eigenvalue weighted by atomic mass is 10.1. The van der Waals surface area contributed by atoms with Crippen LogP contribution in [0, 0.1) is 5.82 Å². The van der Waals surface area contributed by atoms with Crippen molar-refractivity contribution in [1.29, 1.82) is 0 Å². The van der Waals surface area contributed by atoms with Gasteiger partial charge in [-0.2, -0.15) is 0 Å². The van der Waals surface area contributed by atoms with Gasteiger partial charge in [-0.05, 0) is 42.8 Å². The van der Waals surface area contributed by atoms with Crippen molar-refractivity contribution in [3.05, 3.63) is 60.4 Å². The minimum atomic E-state index is -0.264. The fourth-order valence-electron chi connectivity index (χ4n) is 3.48. The molecule has 7 heteroatoms. The molecule has 6 nitrogen and oxygen atoms in total. The molecule has 0 radical (unpaired) electrons. The summed E-state index contributed by atoms with van der Waals surface area (Å²) in [6.45, 7) is 1.77. The summed E-state index contributed by atoms with van der Waals surface area (Å²) < 4.78 is 23.8. The molecule has 29 heavy (non-hydrogen) atoms. The van der Waals surface area contributed by atoms with Gasteiger partial charge in [0, 0.05) is 48.6 Å². The Balaban J connectivity index is 1.41. The zero-order chi connectivity index (χ0) is 20.2. The van der Waals surface area contributed by atoms with Crippen LogP contribution in [0.5, 0.6) is 11.5 Å². The highest BCUT2D eigenvalue weighted by molar-refractivity contribution is 5.60. The van der Waals surface area contributed by atoms with Crippen molar-refractivity contribution in [2.45, 2.75) is 12.5 Å². The van der Waals surface area contributed by atoms with Gasteiger partial charge in [0.1, 0.15) is 23.1 Å². The number of aromatic nitrogens is 2. The van der Waals surface area contributed by atoms with Crippen molar-refractivity contribution in [2.75, 3.05) is 37.5 Å². The Morgan fingerprint density at radius 1 is 0.966 bits per heavy atom. The Labute approximate surface area is 169 Å². The van der Waals surface area contributed by atoms with Gasteiger partial charge in [0.05, 0.1) is 19.9 Å². The first-order valence-electron chi connectivity index (χ1n) is 9.49. The molecule has 1 aromatic heterocycles. The van der Waals surface area contributed by atoms with Crippen LogP contribution < -0.4 is 19.7 Å². The molecule has 1 N–H and O–H groups in total. The number of benzene rings is 2. The van der Waals surface area contributed by atoms with E-state index in [1.807, 2.05) is 30.3 Å². The van der Waals surface area contributed by atoms with E-state index < -0.39 is 0 Å². The maximum absolute atomic E-state index is 13.1. The summed E-state index contributed by atoms with van der Waals surface area (Å²) in [5, 5.41) is 12.0. The van der Waals surface area contributed by atoms with Crippen LogP contribution in [-0.4, -0.2) is 43.5 Å². The van der Waals surface area contributed by atoms with Gasteiger partial charge in [0.2, 0.25) is 0 Å². The predicted molar refractivity (Wildman–Crippen MR) is 111 cm³/mol. The number of anilines is 2. The molecule has 1 aliphatic heterocycles. The standard InChI is InChI=1S/C22H23FN4O2/c1-28-19-11-18(12-20(13-19)29-2)27-10-9-17(14-27)24-22-8-7-21(25-26-22)15-3-5-16(23)6-4-15/h3-8,11-13,17H,9-10,14H2,1-2H3,(H,24,26). The van der Waals surface area contributed by atoms with Gasteiger partial charge in [0.25, 0.3) is 0 Å². The number of halogens is 1. The summed E-state index contributed by atoms with van der Waals surface area (Å²) in [5.41, 5.74) is 2.62. The van der Waals surface area contributed by atoms with E-state index in [1.165, 1.54) is 12.1 Å². The van der Waals surface area contributed by atoms with E-state index in [-0.39, 0.29) is 11.9 Å². The summed E-state index contributed by atoms with van der Waals surface area (Å²) in [7, 11) is 3.31. The maximum atomic E-state index is 13.1. The average Bonchev–Trinajstić information content (AvgIpc) is 3.23. The van der Waals surface area contributed by atoms with Crippen LogP contribution in [0.4, 0.5) is 15.9 Å². The maximum Gasteiger partial charge on any atom is 0.148 e. The largest absolute Gasteiger partial charge is 0.497 e. The van der Waals surface area contributed by atoms with Gasteiger partial charge in [-0.15, -0.1) is 10.2 Å². The third-order valence-corrected chi connectivity index (χ3v) is 5.05. The fourth-order valence-corrected chi connectivity index (χ4v) is 3.48. The molecule has 1 atom stereocenters. The first-order chi connectivity index (χ1) is 14.1. The van der Waals surface area contributed by atoms with Crippen LogP contribution in [0.2, 0.25) is 0 Å². The molecule has 1 aliphatic rings. The smallest absolute Gasteiger partial charge is 0.148 e. The van der Waals surface area contributed by atoms with E-state index in [4.69, 9.17) is 9.47 Å². The highest BCUT2D eigenvalue weighted by Crippen LogP contribution is 2.31. The van der Waals surface area contributed by atoms with Crippen molar-refractivity contribution in [1.82, 2.24) is 10.2 Å². The van der Waals surface area contributed by atoms with E-state index in [0.717, 1.165) is 48.1 Å². The Kier molecular flexibility index (Phi) is 5.46. The van der Waals surface area contributed by atoms with Gasteiger partial charge >= 0.3 is 0 Å². The lowest BCUT2D eigenvalue weighted by Gasteiger charge is -2.20. The third-order valence-electron chi connectivity index (χ3n) is 5.05. The fraction of sp³-hybridized carbons (Fsp3) is 0.273. The van der Waals surface area contributed by atoms with Crippen LogP contribution in [0.15, 0.2) is 54.6 Å². The van der Waals surface area contributed by atoms with Crippen LogP contribution in [0.1, 0.15) is 6.42 Å². The highest BCUT2D eigenvalue weighted by Gasteiger charge is 2.24. The van der Waals surface area contributed by atoms with Crippen LogP contribution >= 0.6 is 0 Å². The average molecular weight is 394 g/mol. The summed E-state index contributed by atoms with van der Waals surface area (Å²) >= 11 is 0. The molecule has 3 aromatic rings. The molecule has 1 saturated heterocycles. The first kappa shape index (κ1) is 19.0. The third kappa shape index (κ3) is 4.39. The summed E-state index contributed by atoms with van der Waals surface area (Å²) in [5.74, 6) is 2.02. The molecular formula is C22H23FN4O2. The molecule has 0 bridgehead atoms. The summed E-state index contributed by atoms with van der Waals surface area (Å²) in [6.07, 6.45) is 0.987. The predicted octanol–water partition coefficient (Wildman–Crippen LogP) is 3.99. The summed E-state index contributed by atoms with van der Waals surface area (Å²) in [6, 6.07) is 16.2. The van der Waals surface area contributed by atoms with Gasteiger partial charge in [-0.1, -0.05) is 0 Å². The van der Waals surface area contributed by atoms with E-state index in [1.54, 1.807) is 26.4 Å². The number of hydrogen-bond acceptors (Lipinski definition) is 6. The quantitative estimate of drug-likeness (QED) is 0.682. The number of methoxy groups -OCH3 is 2. The van der Waals surface area contributed by atoms with E-state index in [2.05, 4.69) is 20.4 Å². The summed E-state index contributed by atoms with van der Waals surface area (Å²) in [4.78, 5) is 2.29. The van der Waals surface area contributed by atoms with Crippen LogP contribution in [0.3, 0.4) is 0 Å². The molecular weight excluding hydrogens is 371 g/mol. The minimum absolute atomic E-state index is 0.262. The van der Waals surface area contributed by atoms with Gasteiger partial charge in [0.15, 0.2) is 0 Å². The van der Waals surface area contributed by atoms with Crippen molar-refractivity contribution < 1.29 is 13.9 Å². The Morgan fingerprint density at radius 3 is 2.31 bits per heavy atom. The van der Waals surface area contributed by atoms with Gasteiger partial charge < -0.3 is 19.7 Å². The molecule has 1 fully saturated rings. The zero-order valence-electron chi connectivity index (χ0n) is 16.4. The Hall–Kier alpha value is -3.35. The number of nitrogens with zero attached hydrogens (tertiary/aromatic N) is 3. The molecule has 0 spiro atoms. The normalized spacial score (nSPS) is 16.0. The molecule has 2 heterocycles. The van der Waals surface area contributed by atoms with Gasteiger partial charge in [-0.25, -0.2) is 4.39 Å². The lowest BCUT2D eigenvalue weighted by molar-refractivity contribution is 0.394. The second-order valence-electron chi connectivity index (χ2n) is 6.96. The van der Waals surface area contributed by atoms with Crippen LogP contribution in [0.25, 0.3) is 11.3 Å². The number of hydrogen-bond donors (Lipinski definition) is 1. The molecule has 4 rings (SSSR count). The van der Waals surface area contributed by atoms with Crippen molar-refractivity contribution in [2.24, 2.45) is 0 Å². The zero-order valence-corrected chi connectivity index (χ0v) is 16.4. The van der Waals surface area contributed by atoms with E-state index in [0.29, 0.717) is 5.69 Å². The molecule has 150 valence electrons. The SMILES string of the molecule is COc1cc(OC)cc(N2CCC(Nc3ccc(-c4ccc(F)cc4)nn3)C2)c1. The van der Waals surface area contributed by atoms with Gasteiger partial charge in [-0.3, -0.25) is 0 Å². The molecule has 1 unspecified atom stereocenters. The Morgan fingerprint density at radius 2 is 1.69 bits per heavy atom. The van der Waals surface area contributed by atoms with Crippen LogP contribution in [-0.2, 0) is 0 Å². The number of ether oxygens (including phenoxy) is 2. The first-order valence-corrected chi connectivity index (χ1v) is 9.49. The highest BCUT2D eigenvalue weighted by atomic mass is 19.1. The number of nitrogens with one attached hydrogen (secondary N) is 1. The van der Waals surface area contributed by atoms with E-state index >= 15 is 0 Å². The van der Waals surface area contributed by atoms with E-state index in [9.17, 15) is 4.39 Å². The monoisotopic (exact) mass is 394 g/mol. The second kappa shape index (κ2) is 8.34. The molecule has 0 amide bonds. The molecule has 2 aromatic carbocycles. The van der Waals surface area contributed by atoms with Crippen molar-refractivity contribution >= 4 is 11.5 Å². The topological polar surface area (TPSA) is 59.5 Å². The Bertz CT molecular complexity index is 941. The minimum Gasteiger partial charge on any atom is -0.497 e. The number of rotatable bonds is 6. The van der Waals surface area contributed by atoms with Crippen molar-refractivity contribution in [3.8, 4) is 22.8 Å². The second-order valence-corrected chi connectivity index (χ2v) is 6.96.